The first-order chi connectivity index (χ1) is 19.0. The van der Waals surface area contributed by atoms with Crippen molar-refractivity contribution in [2.24, 2.45) is 5.92 Å². The standard InChI is InChI=1S/C30H28BrClN6O/c31-24-17-35-37-27(11-26(36-28(24)37)23-3-1-2-4-25(23)32)33-15-18-5-7-19(8-6-18)16-34-29(39)38-21-9-20-10-22(38)14-30(38,12-20)13-21/h1-8,11,17,20-22H,9-10,12-16H2,(H-,33,34,35,36,39)/p+1/t20?,21-,22+,30?,38?. The molecule has 1 spiro atoms. The Labute approximate surface area is 240 Å². The van der Waals surface area contributed by atoms with Gasteiger partial charge in [0.25, 0.3) is 0 Å². The van der Waals surface area contributed by atoms with Gasteiger partial charge < -0.3 is 10.6 Å². The number of fused-ring (bicyclic) bond motifs is 1. The highest BCUT2D eigenvalue weighted by atomic mass is 79.9. The van der Waals surface area contributed by atoms with Crippen LogP contribution < -0.4 is 10.6 Å². The van der Waals surface area contributed by atoms with E-state index in [0.29, 0.717) is 35.7 Å². The molecule has 5 atom stereocenters. The number of carbonyl (C=O) groups excluding carboxylic acids is 1. The Morgan fingerprint density at radius 2 is 1.77 bits per heavy atom. The molecule has 2 saturated carbocycles. The number of quaternary nitrogens is 1. The Balaban J connectivity index is 0.957. The normalized spacial score (nSPS) is 29.5. The third kappa shape index (κ3) is 3.34. The topological polar surface area (TPSA) is 71.3 Å². The van der Waals surface area contributed by atoms with E-state index in [1.807, 2.05) is 30.3 Å². The highest BCUT2D eigenvalue weighted by Crippen LogP contribution is 2.72. The van der Waals surface area contributed by atoms with Crippen LogP contribution >= 0.6 is 27.5 Å². The summed E-state index contributed by atoms with van der Waals surface area (Å²) < 4.78 is 3.38. The number of rotatable bonds is 6. The Morgan fingerprint density at radius 1 is 1.05 bits per heavy atom. The number of anilines is 1. The van der Waals surface area contributed by atoms with Gasteiger partial charge in [0.05, 0.1) is 29.2 Å². The summed E-state index contributed by atoms with van der Waals surface area (Å²) in [5.74, 6) is 1.71. The monoisotopic (exact) mass is 603 g/mol. The summed E-state index contributed by atoms with van der Waals surface area (Å²) in [5, 5.41) is 12.0. The Bertz CT molecular complexity index is 1610. The van der Waals surface area contributed by atoms with E-state index in [0.717, 1.165) is 48.7 Å². The molecule has 4 aromatic rings. The summed E-state index contributed by atoms with van der Waals surface area (Å²) in [5.41, 5.74) is 4.94. The van der Waals surface area contributed by atoms with Crippen LogP contribution in [0.25, 0.3) is 16.9 Å². The molecule has 2 aliphatic carbocycles. The molecule has 7 nitrogen and oxygen atoms in total. The van der Waals surface area contributed by atoms with Gasteiger partial charge >= 0.3 is 6.03 Å². The van der Waals surface area contributed by atoms with Crippen molar-refractivity contribution in [2.75, 3.05) is 5.32 Å². The van der Waals surface area contributed by atoms with Crippen LogP contribution in [0, 0.1) is 5.92 Å². The summed E-state index contributed by atoms with van der Waals surface area (Å²) in [4.78, 5) is 18.2. The van der Waals surface area contributed by atoms with Crippen molar-refractivity contribution < 1.29 is 9.28 Å². The van der Waals surface area contributed by atoms with Gasteiger partial charge in [0.1, 0.15) is 23.4 Å². The molecule has 3 unspecified atom stereocenters. The SMILES string of the molecule is O=C(NCc1ccc(CNc2cc(-c3ccccc3Cl)nc3c(Br)cnn23)cc1)[N+]12[C@@H]3CC4C[C@H]1CC2(C4)C3. The molecule has 2 aromatic heterocycles. The minimum absolute atomic E-state index is 0.271. The van der Waals surface area contributed by atoms with Gasteiger partial charge in [-0.3, -0.25) is 0 Å². The average molecular weight is 605 g/mol. The van der Waals surface area contributed by atoms with Crippen molar-refractivity contribution in [3.63, 3.8) is 0 Å². The predicted octanol–water partition coefficient (Wildman–Crippen LogP) is 6.55. The van der Waals surface area contributed by atoms with E-state index in [-0.39, 0.29) is 6.03 Å². The molecule has 2 amide bonds. The van der Waals surface area contributed by atoms with Gasteiger partial charge in [-0.1, -0.05) is 54.1 Å². The zero-order valence-corrected chi connectivity index (χ0v) is 23.8. The minimum Gasteiger partial charge on any atom is -0.366 e. The van der Waals surface area contributed by atoms with Gasteiger partial charge in [-0.25, -0.2) is 14.3 Å². The van der Waals surface area contributed by atoms with Gasteiger partial charge in [0, 0.05) is 49.0 Å². The van der Waals surface area contributed by atoms with Crippen molar-refractivity contribution in [1.82, 2.24) is 19.9 Å². The number of amides is 2. The number of hydrogen-bond acceptors (Lipinski definition) is 4. The summed E-state index contributed by atoms with van der Waals surface area (Å²) in [6.45, 7) is 1.21. The molecule has 198 valence electrons. The highest BCUT2D eigenvalue weighted by Gasteiger charge is 2.86. The fraction of sp³-hybridized carbons (Fsp3) is 0.367. The summed E-state index contributed by atoms with van der Waals surface area (Å²) >= 11 is 10.0. The van der Waals surface area contributed by atoms with Crippen molar-refractivity contribution in [1.29, 1.82) is 0 Å². The van der Waals surface area contributed by atoms with Crippen LogP contribution in [0.1, 0.15) is 43.2 Å². The Kier molecular flexibility index (Phi) is 5.23. The lowest BCUT2D eigenvalue weighted by molar-refractivity contribution is -1.06. The second-order valence-corrected chi connectivity index (χ2v) is 13.1. The second-order valence-electron chi connectivity index (χ2n) is 11.8. The van der Waals surface area contributed by atoms with E-state index < -0.39 is 0 Å². The second kappa shape index (κ2) is 8.53. The molecule has 7 heterocycles. The van der Waals surface area contributed by atoms with E-state index >= 15 is 0 Å². The third-order valence-corrected chi connectivity index (χ3v) is 10.8. The van der Waals surface area contributed by atoms with Crippen LogP contribution in [-0.2, 0) is 13.1 Å². The summed E-state index contributed by atoms with van der Waals surface area (Å²) in [7, 11) is 0. The van der Waals surface area contributed by atoms with Crippen LogP contribution in [0.15, 0.2) is 65.3 Å². The zero-order chi connectivity index (χ0) is 26.4. The molecule has 5 saturated heterocycles. The Hall–Kier alpha value is -2.94. The number of urea groups is 1. The van der Waals surface area contributed by atoms with Crippen molar-refractivity contribution in [3.8, 4) is 11.3 Å². The highest BCUT2D eigenvalue weighted by molar-refractivity contribution is 9.10. The molecular weight excluding hydrogens is 576 g/mol. The third-order valence-electron chi connectivity index (χ3n) is 9.90. The lowest BCUT2D eigenvalue weighted by Gasteiger charge is -2.81. The average Bonchev–Trinajstić information content (AvgIpc) is 3.31. The number of nitrogens with one attached hydrogen (secondary N) is 2. The molecule has 2 aromatic carbocycles. The largest absolute Gasteiger partial charge is 0.417 e. The van der Waals surface area contributed by atoms with Gasteiger partial charge in [-0.15, -0.1) is 0 Å². The first kappa shape index (κ1) is 23.9. The molecule has 7 fully saturated rings. The van der Waals surface area contributed by atoms with Crippen molar-refractivity contribution in [2.45, 2.75) is 62.8 Å². The summed E-state index contributed by atoms with van der Waals surface area (Å²) in [6, 6.07) is 19.6. The smallest absolute Gasteiger partial charge is 0.366 e. The quantitative estimate of drug-likeness (QED) is 0.245. The van der Waals surface area contributed by atoms with Crippen LogP contribution in [0.3, 0.4) is 0 Å². The molecular formula is C30H29BrClN6O+. The molecule has 9 heteroatoms. The van der Waals surface area contributed by atoms with Crippen molar-refractivity contribution in [3.05, 3.63) is 81.4 Å². The first-order valence-corrected chi connectivity index (χ1v) is 14.9. The molecule has 5 aliphatic heterocycles. The van der Waals surface area contributed by atoms with E-state index in [4.69, 9.17) is 16.6 Å². The van der Waals surface area contributed by atoms with Crippen LogP contribution in [-0.4, -0.2) is 42.7 Å². The number of halogens is 2. The fourth-order valence-electron chi connectivity index (χ4n) is 8.48. The minimum atomic E-state index is 0.271. The molecule has 2 N–H and O–H groups in total. The number of carbonyl (C=O) groups is 1. The number of piperidine rings is 4. The van der Waals surface area contributed by atoms with E-state index in [2.05, 4.69) is 55.9 Å². The predicted molar refractivity (Wildman–Crippen MR) is 154 cm³/mol. The molecule has 11 rings (SSSR count). The van der Waals surface area contributed by atoms with E-state index in [9.17, 15) is 4.79 Å². The van der Waals surface area contributed by atoms with Gasteiger partial charge in [-0.05, 0) is 39.0 Å². The van der Waals surface area contributed by atoms with Crippen LogP contribution in [0.2, 0.25) is 5.02 Å². The first-order valence-electron chi connectivity index (χ1n) is 13.7. The maximum absolute atomic E-state index is 13.4. The lowest BCUT2D eigenvalue weighted by Crippen LogP contribution is -2.97. The van der Waals surface area contributed by atoms with Gasteiger partial charge in [0.15, 0.2) is 5.65 Å². The van der Waals surface area contributed by atoms with E-state index in [1.165, 1.54) is 32.1 Å². The number of hydrogen-bond donors (Lipinski definition) is 2. The fourth-order valence-corrected chi connectivity index (χ4v) is 9.06. The maximum atomic E-state index is 13.4. The summed E-state index contributed by atoms with van der Waals surface area (Å²) in [6.07, 6.45) is 8.08. The lowest BCUT2D eigenvalue weighted by atomic mass is 9.45. The van der Waals surface area contributed by atoms with Gasteiger partial charge in [0.2, 0.25) is 0 Å². The number of aromatic nitrogens is 3. The van der Waals surface area contributed by atoms with Crippen molar-refractivity contribution >= 4 is 45.0 Å². The molecule has 39 heavy (non-hydrogen) atoms. The number of benzene rings is 2. The molecule has 7 aliphatic rings. The van der Waals surface area contributed by atoms with Crippen LogP contribution in [0.4, 0.5) is 10.6 Å². The van der Waals surface area contributed by atoms with Gasteiger partial charge in [-0.2, -0.15) is 9.61 Å². The molecule has 5 bridgehead atoms. The molecule has 0 radical (unpaired) electrons. The van der Waals surface area contributed by atoms with Crippen LogP contribution in [0.5, 0.6) is 0 Å². The van der Waals surface area contributed by atoms with E-state index in [1.54, 1.807) is 10.7 Å². The maximum Gasteiger partial charge on any atom is 0.417 e. The number of nitrogens with zero attached hydrogens (tertiary/aromatic N) is 4. The Morgan fingerprint density at radius 3 is 2.49 bits per heavy atom. The zero-order valence-electron chi connectivity index (χ0n) is 21.4.